The zero-order chi connectivity index (χ0) is 17.2. The second kappa shape index (κ2) is 6.52. The normalized spacial score (nSPS) is 18.7. The molecular formula is C18H14N2O4S. The van der Waals surface area contributed by atoms with Gasteiger partial charge in [0, 0.05) is 0 Å². The predicted octanol–water partition coefficient (Wildman–Crippen LogP) is 3.32. The van der Waals surface area contributed by atoms with Gasteiger partial charge in [-0.15, -0.1) is 0 Å². The lowest BCUT2D eigenvalue weighted by molar-refractivity contribution is -0.115. The Kier molecular flexibility index (Phi) is 4.07. The summed E-state index contributed by atoms with van der Waals surface area (Å²) >= 11 is 1.29. The molecule has 126 valence electrons. The van der Waals surface area contributed by atoms with Gasteiger partial charge in [-0.3, -0.25) is 4.79 Å². The minimum absolute atomic E-state index is 0.162. The van der Waals surface area contributed by atoms with Crippen LogP contribution in [0.25, 0.3) is 6.08 Å². The highest BCUT2D eigenvalue weighted by Gasteiger charge is 2.25. The summed E-state index contributed by atoms with van der Waals surface area (Å²) in [6.07, 6.45) is 1.78. The lowest BCUT2D eigenvalue weighted by atomic mass is 10.1. The molecule has 7 heteroatoms. The Hall–Kier alpha value is -2.93. The van der Waals surface area contributed by atoms with E-state index < -0.39 is 0 Å². The quantitative estimate of drug-likeness (QED) is 0.857. The van der Waals surface area contributed by atoms with Crippen LogP contribution in [0.5, 0.6) is 17.2 Å². The van der Waals surface area contributed by atoms with Gasteiger partial charge in [0.25, 0.3) is 5.91 Å². The zero-order valence-corrected chi connectivity index (χ0v) is 14.1. The number of nitrogens with one attached hydrogen (secondary N) is 1. The Balaban J connectivity index is 1.62. The smallest absolute Gasteiger partial charge is 0.264 e. The number of aliphatic imine (C=N–C) groups is 1. The molecule has 4 rings (SSSR count). The molecule has 2 heterocycles. The zero-order valence-electron chi connectivity index (χ0n) is 13.3. The van der Waals surface area contributed by atoms with E-state index in [1.807, 2.05) is 36.4 Å². The van der Waals surface area contributed by atoms with Crippen molar-refractivity contribution in [3.63, 3.8) is 0 Å². The lowest BCUT2D eigenvalue weighted by Gasteiger charge is -2.06. The van der Waals surface area contributed by atoms with Crippen molar-refractivity contribution in [1.82, 2.24) is 5.32 Å². The molecule has 1 fully saturated rings. The molecule has 25 heavy (non-hydrogen) atoms. The van der Waals surface area contributed by atoms with E-state index in [1.54, 1.807) is 19.3 Å². The Bertz CT molecular complexity index is 893. The Morgan fingerprint density at radius 2 is 2.08 bits per heavy atom. The van der Waals surface area contributed by atoms with E-state index in [1.165, 1.54) is 11.8 Å². The molecule has 2 aromatic rings. The molecule has 0 radical (unpaired) electrons. The number of amidine groups is 1. The average Bonchev–Trinajstić information content (AvgIpc) is 3.22. The minimum atomic E-state index is -0.184. The number of rotatable bonds is 3. The third-order valence-electron chi connectivity index (χ3n) is 3.62. The molecule has 1 N–H and O–H groups in total. The first-order valence-electron chi connectivity index (χ1n) is 7.55. The number of hydrogen-bond donors (Lipinski definition) is 1. The number of benzene rings is 2. The van der Waals surface area contributed by atoms with Crippen molar-refractivity contribution >= 4 is 34.6 Å². The third-order valence-corrected chi connectivity index (χ3v) is 4.53. The number of fused-ring (bicyclic) bond motifs is 1. The van der Waals surface area contributed by atoms with E-state index >= 15 is 0 Å². The number of amides is 1. The number of carbonyl (C=O) groups is 1. The van der Waals surface area contributed by atoms with Crippen molar-refractivity contribution in [3.05, 3.63) is 52.9 Å². The Labute approximate surface area is 148 Å². The van der Waals surface area contributed by atoms with E-state index in [9.17, 15) is 4.79 Å². The van der Waals surface area contributed by atoms with E-state index in [0.717, 1.165) is 11.3 Å². The van der Waals surface area contributed by atoms with Crippen molar-refractivity contribution in [1.29, 1.82) is 0 Å². The highest BCUT2D eigenvalue weighted by molar-refractivity contribution is 8.18. The molecule has 0 saturated carbocycles. The number of ether oxygens (including phenoxy) is 3. The van der Waals surface area contributed by atoms with Crippen LogP contribution in [-0.2, 0) is 4.79 Å². The van der Waals surface area contributed by atoms with Gasteiger partial charge in [-0.1, -0.05) is 18.2 Å². The summed E-state index contributed by atoms with van der Waals surface area (Å²) in [6.45, 7) is 0.162. The number of thioether (sulfide) groups is 1. The van der Waals surface area contributed by atoms with Crippen LogP contribution in [0.1, 0.15) is 5.56 Å². The Morgan fingerprint density at radius 1 is 1.24 bits per heavy atom. The van der Waals surface area contributed by atoms with Crippen molar-refractivity contribution in [2.45, 2.75) is 0 Å². The third kappa shape index (κ3) is 3.18. The van der Waals surface area contributed by atoms with Crippen LogP contribution in [0.3, 0.4) is 0 Å². The topological polar surface area (TPSA) is 69.2 Å². The summed E-state index contributed by atoms with van der Waals surface area (Å²) in [4.78, 5) is 17.2. The summed E-state index contributed by atoms with van der Waals surface area (Å²) in [5, 5.41) is 3.32. The molecule has 0 aliphatic carbocycles. The highest BCUT2D eigenvalue weighted by atomic mass is 32.2. The van der Waals surface area contributed by atoms with Crippen LogP contribution >= 0.6 is 11.8 Å². The lowest BCUT2D eigenvalue weighted by Crippen LogP contribution is -2.19. The summed E-state index contributed by atoms with van der Waals surface area (Å²) in [6, 6.07) is 13.1. The minimum Gasteiger partial charge on any atom is -0.493 e. The van der Waals surface area contributed by atoms with Gasteiger partial charge < -0.3 is 19.5 Å². The molecule has 0 spiro atoms. The first-order valence-corrected chi connectivity index (χ1v) is 8.37. The van der Waals surface area contributed by atoms with Gasteiger partial charge in [0.15, 0.2) is 16.7 Å². The maximum Gasteiger partial charge on any atom is 0.264 e. The summed E-state index contributed by atoms with van der Waals surface area (Å²) in [7, 11) is 1.57. The van der Waals surface area contributed by atoms with Gasteiger partial charge in [0.05, 0.1) is 17.7 Å². The molecule has 1 amide bonds. The van der Waals surface area contributed by atoms with Crippen LogP contribution in [-0.4, -0.2) is 25.0 Å². The maximum atomic E-state index is 12.2. The number of carbonyl (C=O) groups excluding carboxylic acids is 1. The maximum absolute atomic E-state index is 12.2. The Morgan fingerprint density at radius 3 is 2.88 bits per heavy atom. The fourth-order valence-electron chi connectivity index (χ4n) is 2.48. The van der Waals surface area contributed by atoms with Crippen LogP contribution in [0.4, 0.5) is 5.69 Å². The van der Waals surface area contributed by atoms with E-state index in [0.29, 0.717) is 27.3 Å². The number of para-hydroxylation sites is 1. The molecule has 0 aromatic heterocycles. The van der Waals surface area contributed by atoms with Crippen molar-refractivity contribution < 1.29 is 19.0 Å². The molecule has 6 nitrogen and oxygen atoms in total. The molecule has 0 atom stereocenters. The molecule has 2 aliphatic rings. The van der Waals surface area contributed by atoms with Gasteiger partial charge in [-0.2, -0.15) is 0 Å². The number of hydrogen-bond acceptors (Lipinski definition) is 6. The SMILES string of the molecule is COc1cc(/C=C2\SC(=Nc3ccccc3)NC2=O)cc2c1OCO2. The number of methoxy groups -OCH3 is 1. The molecule has 2 aromatic carbocycles. The van der Waals surface area contributed by atoms with Gasteiger partial charge in [-0.05, 0) is 47.7 Å². The fourth-order valence-corrected chi connectivity index (χ4v) is 3.33. The molecule has 0 unspecified atom stereocenters. The van der Waals surface area contributed by atoms with Crippen LogP contribution < -0.4 is 19.5 Å². The van der Waals surface area contributed by atoms with Gasteiger partial charge in [-0.25, -0.2) is 4.99 Å². The molecular weight excluding hydrogens is 340 g/mol. The van der Waals surface area contributed by atoms with Crippen molar-refractivity contribution in [2.75, 3.05) is 13.9 Å². The van der Waals surface area contributed by atoms with E-state index in [4.69, 9.17) is 14.2 Å². The van der Waals surface area contributed by atoms with Crippen molar-refractivity contribution in [3.8, 4) is 17.2 Å². The van der Waals surface area contributed by atoms with E-state index in [-0.39, 0.29) is 12.7 Å². The number of nitrogens with zero attached hydrogens (tertiary/aromatic N) is 1. The van der Waals surface area contributed by atoms with Crippen LogP contribution in [0, 0.1) is 0 Å². The fraction of sp³-hybridized carbons (Fsp3) is 0.111. The van der Waals surface area contributed by atoms with Crippen molar-refractivity contribution in [2.24, 2.45) is 4.99 Å². The second-order valence-corrected chi connectivity index (χ2v) is 6.30. The summed E-state index contributed by atoms with van der Waals surface area (Å²) in [5.74, 6) is 1.58. The summed E-state index contributed by atoms with van der Waals surface area (Å²) < 4.78 is 16.1. The molecule has 2 aliphatic heterocycles. The van der Waals surface area contributed by atoms with Crippen LogP contribution in [0.15, 0.2) is 52.4 Å². The van der Waals surface area contributed by atoms with Gasteiger partial charge >= 0.3 is 0 Å². The largest absolute Gasteiger partial charge is 0.493 e. The molecule has 1 saturated heterocycles. The van der Waals surface area contributed by atoms with Gasteiger partial charge in [0.2, 0.25) is 12.5 Å². The predicted molar refractivity (Wildman–Crippen MR) is 96.4 cm³/mol. The average molecular weight is 354 g/mol. The standard InChI is InChI=1S/C18H14N2O4S/c1-22-13-7-11(8-14-16(13)24-10-23-14)9-15-17(21)20-18(25-15)19-12-5-3-2-4-6-12/h2-9H,10H2,1H3,(H,19,20,21)/b15-9-. The second-order valence-electron chi connectivity index (χ2n) is 5.27. The van der Waals surface area contributed by atoms with E-state index in [2.05, 4.69) is 10.3 Å². The van der Waals surface area contributed by atoms with Gasteiger partial charge in [0.1, 0.15) is 0 Å². The monoisotopic (exact) mass is 354 g/mol. The first kappa shape index (κ1) is 15.6. The molecule has 0 bridgehead atoms. The highest BCUT2D eigenvalue weighted by Crippen LogP contribution is 2.42. The first-order chi connectivity index (χ1) is 12.2. The van der Waals surface area contributed by atoms with Crippen LogP contribution in [0.2, 0.25) is 0 Å². The summed E-state index contributed by atoms with van der Waals surface area (Å²) in [5.41, 5.74) is 1.58.